The van der Waals surface area contributed by atoms with Crippen molar-refractivity contribution >= 4 is 40.7 Å². The smallest absolute Gasteiger partial charge is 0.338 e. The van der Waals surface area contributed by atoms with Crippen LogP contribution in [0, 0.1) is 0 Å². The van der Waals surface area contributed by atoms with E-state index in [9.17, 15) is 23.5 Å². The molecule has 3 heterocycles. The molecule has 12 heteroatoms. The van der Waals surface area contributed by atoms with Crippen molar-refractivity contribution in [2.45, 2.75) is 50.6 Å². The first-order valence-corrected chi connectivity index (χ1v) is 13.2. The fourth-order valence-electron chi connectivity index (χ4n) is 4.61. The van der Waals surface area contributed by atoms with Crippen molar-refractivity contribution in [1.82, 2.24) is 15.2 Å². The highest BCUT2D eigenvalue weighted by Crippen LogP contribution is 2.38. The lowest BCUT2D eigenvalue weighted by atomic mass is 9.92. The van der Waals surface area contributed by atoms with E-state index in [2.05, 4.69) is 10.3 Å². The average molecular weight is 553 g/mol. The first-order valence-electron chi connectivity index (χ1n) is 11.9. The zero-order chi connectivity index (χ0) is 26.6. The number of aliphatic imine (C=N–C) groups is 1. The minimum Gasteiger partial charge on any atom is -0.481 e. The molecule has 1 fully saturated rings. The van der Waals surface area contributed by atoms with E-state index in [0.717, 1.165) is 0 Å². The van der Waals surface area contributed by atoms with Gasteiger partial charge in [-0.05, 0) is 25.8 Å². The largest absolute Gasteiger partial charge is 0.481 e. The molecule has 4 rings (SSSR count). The Morgan fingerprint density at radius 1 is 1.35 bits per heavy atom. The van der Waals surface area contributed by atoms with Gasteiger partial charge in [0.15, 0.2) is 10.8 Å². The van der Waals surface area contributed by atoms with Crippen LogP contribution < -0.4 is 5.32 Å². The van der Waals surface area contributed by atoms with Crippen molar-refractivity contribution in [3.8, 4) is 0 Å². The Balaban J connectivity index is 1.79. The number of likely N-dealkylation sites (tertiary alicyclic amines) is 1. The number of nitrogens with one attached hydrogen (secondary N) is 1. The molecule has 2 aliphatic rings. The fraction of sp³-hybridized carbons (Fsp3) is 0.440. The molecule has 1 saturated heterocycles. The van der Waals surface area contributed by atoms with Crippen LogP contribution in [-0.2, 0) is 14.3 Å². The highest BCUT2D eigenvalue weighted by Gasteiger charge is 2.42. The number of piperidine rings is 1. The van der Waals surface area contributed by atoms with Crippen LogP contribution in [0.1, 0.15) is 49.2 Å². The number of thiazole rings is 1. The standard InChI is InChI=1S/C25H27ClF2N4O4S/c1-2-36-24(35)20-18(13-32-14-25(27,28)10-9-15(32)7-8-19(33)34)30-22(23-29-11-12-37-23)31-21(20)16-5-3-4-6-17(16)26/h3-6,11-12,15,21H,2,7-10,13-14H2,1H3,(H,30,31)(H,33,34)/t15-,21+/m1/s1. The number of amidine groups is 1. The molecular weight excluding hydrogens is 526 g/mol. The number of halogens is 3. The molecule has 0 saturated carbocycles. The van der Waals surface area contributed by atoms with E-state index in [1.807, 2.05) is 0 Å². The molecular formula is C25H27ClF2N4O4S. The monoisotopic (exact) mass is 552 g/mol. The average Bonchev–Trinajstić information content (AvgIpc) is 3.38. The lowest BCUT2D eigenvalue weighted by molar-refractivity contribution is -0.139. The van der Waals surface area contributed by atoms with Crippen LogP contribution in [0.5, 0.6) is 0 Å². The molecule has 0 amide bonds. The molecule has 2 N–H and O–H groups in total. The minimum atomic E-state index is -2.94. The Kier molecular flexibility index (Phi) is 8.56. The van der Waals surface area contributed by atoms with Crippen LogP contribution in [-0.4, -0.2) is 64.4 Å². The predicted octanol–water partition coefficient (Wildman–Crippen LogP) is 4.67. The summed E-state index contributed by atoms with van der Waals surface area (Å²) in [5.74, 6) is -4.18. The van der Waals surface area contributed by atoms with E-state index in [-0.39, 0.29) is 44.4 Å². The van der Waals surface area contributed by atoms with Crippen molar-refractivity contribution in [2.24, 2.45) is 4.99 Å². The maximum Gasteiger partial charge on any atom is 0.338 e. The number of carboxylic acids is 1. The quantitative estimate of drug-likeness (QED) is 0.436. The molecule has 0 unspecified atom stereocenters. The number of nitrogens with zero attached hydrogens (tertiary/aromatic N) is 3. The van der Waals surface area contributed by atoms with Gasteiger partial charge in [-0.3, -0.25) is 14.7 Å². The second kappa shape index (κ2) is 11.7. The number of rotatable bonds is 9. The van der Waals surface area contributed by atoms with Gasteiger partial charge < -0.3 is 15.2 Å². The highest BCUT2D eigenvalue weighted by molar-refractivity contribution is 7.11. The van der Waals surface area contributed by atoms with Gasteiger partial charge in [0.1, 0.15) is 6.04 Å². The van der Waals surface area contributed by atoms with Gasteiger partial charge >= 0.3 is 11.9 Å². The van der Waals surface area contributed by atoms with Crippen molar-refractivity contribution < 1.29 is 28.2 Å². The summed E-state index contributed by atoms with van der Waals surface area (Å²) in [4.78, 5) is 35.1. The van der Waals surface area contributed by atoms with Crippen LogP contribution in [0.2, 0.25) is 5.02 Å². The highest BCUT2D eigenvalue weighted by atomic mass is 35.5. The lowest BCUT2D eigenvalue weighted by Gasteiger charge is -2.41. The topological polar surface area (TPSA) is 104 Å². The Morgan fingerprint density at radius 2 is 2.14 bits per heavy atom. The zero-order valence-corrected chi connectivity index (χ0v) is 21.7. The van der Waals surface area contributed by atoms with Gasteiger partial charge in [-0.25, -0.2) is 18.6 Å². The third kappa shape index (κ3) is 6.52. The number of aliphatic carboxylic acids is 1. The summed E-state index contributed by atoms with van der Waals surface area (Å²) < 4.78 is 34.4. The molecule has 1 aromatic carbocycles. The lowest BCUT2D eigenvalue weighted by Crippen LogP contribution is -2.51. The molecule has 0 bridgehead atoms. The van der Waals surface area contributed by atoms with Gasteiger partial charge in [0, 0.05) is 53.3 Å². The SMILES string of the molecule is CCOC(=O)C1=C(CN2CC(F)(F)CC[C@H]2CCC(=O)O)NC(c2nccs2)=N[C@H]1c1ccccc1Cl. The number of benzene rings is 1. The molecule has 2 aliphatic heterocycles. The Hall–Kier alpha value is -2.89. The van der Waals surface area contributed by atoms with E-state index in [1.54, 1.807) is 47.7 Å². The maximum atomic E-state index is 14.5. The molecule has 37 heavy (non-hydrogen) atoms. The summed E-state index contributed by atoms with van der Waals surface area (Å²) in [5.41, 5.74) is 1.08. The van der Waals surface area contributed by atoms with E-state index in [0.29, 0.717) is 27.1 Å². The summed E-state index contributed by atoms with van der Waals surface area (Å²) in [6.45, 7) is 1.17. The number of aromatic nitrogens is 1. The van der Waals surface area contributed by atoms with Crippen LogP contribution in [0.25, 0.3) is 0 Å². The van der Waals surface area contributed by atoms with Crippen molar-refractivity contribution in [3.63, 3.8) is 0 Å². The normalized spacial score (nSPS) is 21.8. The summed E-state index contributed by atoms with van der Waals surface area (Å²) in [6.07, 6.45) is 1.52. The minimum absolute atomic E-state index is 0.0562. The third-order valence-electron chi connectivity index (χ3n) is 6.30. The van der Waals surface area contributed by atoms with Crippen LogP contribution in [0.3, 0.4) is 0 Å². The molecule has 8 nitrogen and oxygen atoms in total. The van der Waals surface area contributed by atoms with E-state index < -0.39 is 36.5 Å². The van der Waals surface area contributed by atoms with Gasteiger partial charge in [0.25, 0.3) is 5.92 Å². The molecule has 0 spiro atoms. The van der Waals surface area contributed by atoms with Crippen molar-refractivity contribution in [3.05, 3.63) is 62.7 Å². The molecule has 0 radical (unpaired) electrons. The number of alkyl halides is 2. The van der Waals surface area contributed by atoms with E-state index in [4.69, 9.17) is 21.3 Å². The third-order valence-corrected chi connectivity index (χ3v) is 7.43. The number of carbonyl (C=O) groups is 2. The number of carbonyl (C=O) groups excluding carboxylic acids is 1. The Bertz CT molecular complexity index is 1210. The molecule has 198 valence electrons. The fourth-order valence-corrected chi connectivity index (χ4v) is 5.44. The summed E-state index contributed by atoms with van der Waals surface area (Å²) >= 11 is 7.84. The second-order valence-corrected chi connectivity index (χ2v) is 10.2. The van der Waals surface area contributed by atoms with E-state index in [1.165, 1.54) is 11.3 Å². The number of hydrogen-bond acceptors (Lipinski definition) is 8. The predicted molar refractivity (Wildman–Crippen MR) is 136 cm³/mol. The van der Waals surface area contributed by atoms with Crippen LogP contribution in [0.15, 0.2) is 52.1 Å². The number of esters is 1. The van der Waals surface area contributed by atoms with Crippen molar-refractivity contribution in [2.75, 3.05) is 19.7 Å². The number of carboxylic acid groups (broad SMARTS) is 1. The van der Waals surface area contributed by atoms with E-state index >= 15 is 0 Å². The number of hydrogen-bond donors (Lipinski definition) is 2. The molecule has 2 atom stereocenters. The molecule has 2 aromatic rings. The summed E-state index contributed by atoms with van der Waals surface area (Å²) in [7, 11) is 0. The van der Waals surface area contributed by atoms with Gasteiger partial charge in [-0.15, -0.1) is 11.3 Å². The molecule has 0 aliphatic carbocycles. The van der Waals surface area contributed by atoms with Gasteiger partial charge in [0.05, 0.1) is 18.7 Å². The second-order valence-electron chi connectivity index (χ2n) is 8.86. The number of ether oxygens (including phenoxy) is 1. The Morgan fingerprint density at radius 3 is 2.81 bits per heavy atom. The summed E-state index contributed by atoms with van der Waals surface area (Å²) in [6, 6.07) is 5.73. The van der Waals surface area contributed by atoms with Crippen molar-refractivity contribution in [1.29, 1.82) is 0 Å². The summed E-state index contributed by atoms with van der Waals surface area (Å²) in [5, 5.41) is 15.1. The Labute approximate surface area is 222 Å². The van der Waals surface area contributed by atoms with Gasteiger partial charge in [-0.1, -0.05) is 29.8 Å². The van der Waals surface area contributed by atoms with Crippen LogP contribution >= 0.6 is 22.9 Å². The van der Waals surface area contributed by atoms with Crippen LogP contribution in [0.4, 0.5) is 8.78 Å². The van der Waals surface area contributed by atoms with Gasteiger partial charge in [0.2, 0.25) is 0 Å². The first-order chi connectivity index (χ1) is 17.7. The zero-order valence-electron chi connectivity index (χ0n) is 20.1. The van der Waals surface area contributed by atoms with Gasteiger partial charge in [-0.2, -0.15) is 0 Å². The first kappa shape index (κ1) is 27.2. The maximum absolute atomic E-state index is 14.5. The molecule has 1 aromatic heterocycles.